The number of aliphatic hydroxyl groups excluding tert-OH is 6. The van der Waals surface area contributed by atoms with Gasteiger partial charge >= 0.3 is 0 Å². The van der Waals surface area contributed by atoms with Crippen molar-refractivity contribution in [3.63, 3.8) is 0 Å². The van der Waals surface area contributed by atoms with Gasteiger partial charge in [-0.05, 0) is 0 Å². The van der Waals surface area contributed by atoms with E-state index in [0.29, 0.717) is 0 Å². The Kier molecular flexibility index (Phi) is 5.56. The van der Waals surface area contributed by atoms with Gasteiger partial charge in [-0.3, -0.25) is 0 Å². The Morgan fingerprint density at radius 3 is 1.79 bits per heavy atom. The summed E-state index contributed by atoms with van der Waals surface area (Å²) in [5.74, 6) is 0. The van der Waals surface area contributed by atoms with Gasteiger partial charge in [0, 0.05) is 0 Å². The molecule has 5 atom stereocenters. The second-order valence-electron chi connectivity index (χ2n) is 2.80. The highest BCUT2D eigenvalue weighted by molar-refractivity contribution is 4.94. The van der Waals surface area contributed by atoms with Crippen molar-refractivity contribution in [3.8, 4) is 6.07 Å². The van der Waals surface area contributed by atoms with Crippen LogP contribution < -0.4 is 0 Å². The predicted octanol–water partition coefficient (Wildman–Crippen LogP) is -3.69. The molecule has 0 spiro atoms. The summed E-state index contributed by atoms with van der Waals surface area (Å²) in [6.45, 7) is -0.812. The zero-order valence-electron chi connectivity index (χ0n) is 7.22. The van der Waals surface area contributed by atoms with E-state index in [9.17, 15) is 0 Å². The molecule has 0 amide bonds. The lowest BCUT2D eigenvalue weighted by molar-refractivity contribution is -0.132. The van der Waals surface area contributed by atoms with Crippen LogP contribution in [0.15, 0.2) is 0 Å². The summed E-state index contributed by atoms with van der Waals surface area (Å²) in [4.78, 5) is 0. The first-order chi connectivity index (χ1) is 6.45. The lowest BCUT2D eigenvalue weighted by Crippen LogP contribution is -2.49. The zero-order valence-corrected chi connectivity index (χ0v) is 7.22. The van der Waals surface area contributed by atoms with Crippen molar-refractivity contribution >= 4 is 0 Å². The van der Waals surface area contributed by atoms with Crippen LogP contribution >= 0.6 is 0 Å². The highest BCUT2D eigenvalue weighted by Gasteiger charge is 2.33. The summed E-state index contributed by atoms with van der Waals surface area (Å²) in [5.41, 5.74) is 0. The van der Waals surface area contributed by atoms with Crippen LogP contribution in [0.25, 0.3) is 0 Å². The van der Waals surface area contributed by atoms with E-state index in [2.05, 4.69) is 0 Å². The van der Waals surface area contributed by atoms with E-state index in [1.165, 1.54) is 6.07 Å². The molecule has 0 radical (unpaired) electrons. The van der Waals surface area contributed by atoms with Gasteiger partial charge in [0.1, 0.15) is 24.4 Å². The van der Waals surface area contributed by atoms with Gasteiger partial charge in [-0.25, -0.2) is 0 Å². The third-order valence-corrected chi connectivity index (χ3v) is 1.74. The van der Waals surface area contributed by atoms with Crippen LogP contribution in [0, 0.1) is 11.3 Å². The lowest BCUT2D eigenvalue weighted by Gasteiger charge is -2.25. The first-order valence-electron chi connectivity index (χ1n) is 3.86. The Balaban J connectivity index is 4.31. The smallest absolute Gasteiger partial charge is 0.168 e. The van der Waals surface area contributed by atoms with Crippen molar-refractivity contribution in [1.29, 1.82) is 5.26 Å². The quantitative estimate of drug-likeness (QED) is 0.254. The first kappa shape index (κ1) is 13.2. The van der Waals surface area contributed by atoms with Gasteiger partial charge in [0.25, 0.3) is 0 Å². The molecule has 0 aromatic carbocycles. The van der Waals surface area contributed by atoms with Crippen molar-refractivity contribution in [2.75, 3.05) is 6.61 Å². The van der Waals surface area contributed by atoms with Gasteiger partial charge in [0.2, 0.25) is 0 Å². The Bertz CT molecular complexity index is 205. The van der Waals surface area contributed by atoms with Gasteiger partial charge in [-0.15, -0.1) is 0 Å². The van der Waals surface area contributed by atoms with Crippen LogP contribution in [0.3, 0.4) is 0 Å². The molecule has 0 saturated carbocycles. The van der Waals surface area contributed by atoms with E-state index in [4.69, 9.17) is 35.9 Å². The molecule has 0 saturated heterocycles. The Labute approximate surface area is 80.1 Å². The SMILES string of the molecule is N#C[C@@H](O)[C@H](O)[C@@H](O)[C@H](O)C(O)CO. The summed E-state index contributed by atoms with van der Waals surface area (Å²) >= 11 is 0. The Morgan fingerprint density at radius 1 is 0.929 bits per heavy atom. The molecule has 0 rings (SSSR count). The minimum absolute atomic E-state index is 0.812. The fourth-order valence-electron chi connectivity index (χ4n) is 0.801. The normalized spacial score (nSPS) is 21.8. The molecule has 0 fully saturated rings. The predicted molar refractivity (Wildman–Crippen MR) is 42.7 cm³/mol. The number of nitriles is 1. The van der Waals surface area contributed by atoms with E-state index >= 15 is 0 Å². The van der Waals surface area contributed by atoms with Crippen LogP contribution in [0.2, 0.25) is 0 Å². The summed E-state index contributed by atoms with van der Waals surface area (Å²) in [6.07, 6.45) is -9.17. The van der Waals surface area contributed by atoms with E-state index < -0.39 is 37.1 Å². The van der Waals surface area contributed by atoms with Crippen LogP contribution in [-0.4, -0.2) is 67.8 Å². The fourth-order valence-corrected chi connectivity index (χ4v) is 0.801. The molecule has 0 aliphatic rings. The van der Waals surface area contributed by atoms with Gasteiger partial charge < -0.3 is 30.6 Å². The third kappa shape index (κ3) is 3.19. The molecule has 0 aliphatic carbocycles. The number of rotatable bonds is 5. The minimum Gasteiger partial charge on any atom is -0.394 e. The summed E-state index contributed by atoms with van der Waals surface area (Å²) in [6, 6.07) is 1.25. The number of aliphatic hydroxyl groups is 6. The molecule has 7 heteroatoms. The topological polar surface area (TPSA) is 145 Å². The molecular formula is C7H13NO6. The van der Waals surface area contributed by atoms with Crippen molar-refractivity contribution in [2.45, 2.75) is 30.5 Å². The fraction of sp³-hybridized carbons (Fsp3) is 0.857. The lowest BCUT2D eigenvalue weighted by atomic mass is 10.0. The van der Waals surface area contributed by atoms with Gasteiger partial charge in [-0.1, -0.05) is 0 Å². The maximum Gasteiger partial charge on any atom is 0.168 e. The monoisotopic (exact) mass is 207 g/mol. The molecular weight excluding hydrogens is 194 g/mol. The molecule has 82 valence electrons. The zero-order chi connectivity index (χ0) is 11.3. The van der Waals surface area contributed by atoms with Crippen LogP contribution in [-0.2, 0) is 0 Å². The Hall–Kier alpha value is -0.750. The molecule has 0 aromatic heterocycles. The summed E-state index contributed by atoms with van der Waals surface area (Å²) in [7, 11) is 0. The Morgan fingerprint density at radius 2 is 1.43 bits per heavy atom. The average Bonchev–Trinajstić information content (AvgIpc) is 2.23. The van der Waals surface area contributed by atoms with E-state index in [-0.39, 0.29) is 0 Å². The summed E-state index contributed by atoms with van der Waals surface area (Å²) in [5, 5.41) is 61.4. The second kappa shape index (κ2) is 5.87. The molecule has 7 nitrogen and oxygen atoms in total. The highest BCUT2D eigenvalue weighted by Crippen LogP contribution is 2.07. The average molecular weight is 207 g/mol. The standard InChI is InChI=1S/C7H13NO6/c8-1-3(10)5(12)7(14)6(13)4(11)2-9/h3-7,9-14H,2H2/t3-,4?,5+,6-,7-/m1/s1. The van der Waals surface area contributed by atoms with E-state index in [0.717, 1.165) is 0 Å². The van der Waals surface area contributed by atoms with Gasteiger partial charge in [0.05, 0.1) is 12.7 Å². The van der Waals surface area contributed by atoms with Crippen molar-refractivity contribution in [3.05, 3.63) is 0 Å². The molecule has 14 heavy (non-hydrogen) atoms. The van der Waals surface area contributed by atoms with Crippen LogP contribution in [0.5, 0.6) is 0 Å². The van der Waals surface area contributed by atoms with E-state index in [1.54, 1.807) is 0 Å². The van der Waals surface area contributed by atoms with Gasteiger partial charge in [-0.2, -0.15) is 5.26 Å². The second-order valence-corrected chi connectivity index (χ2v) is 2.80. The van der Waals surface area contributed by atoms with Gasteiger partial charge in [0.15, 0.2) is 6.10 Å². The minimum atomic E-state index is -1.91. The van der Waals surface area contributed by atoms with Crippen molar-refractivity contribution in [1.82, 2.24) is 0 Å². The van der Waals surface area contributed by atoms with Crippen LogP contribution in [0.1, 0.15) is 0 Å². The largest absolute Gasteiger partial charge is 0.394 e. The molecule has 0 heterocycles. The van der Waals surface area contributed by atoms with Crippen molar-refractivity contribution in [2.24, 2.45) is 0 Å². The molecule has 6 N–H and O–H groups in total. The number of hydrogen-bond donors (Lipinski definition) is 6. The van der Waals surface area contributed by atoms with Crippen molar-refractivity contribution < 1.29 is 30.6 Å². The summed E-state index contributed by atoms with van der Waals surface area (Å²) < 4.78 is 0. The first-order valence-corrected chi connectivity index (χ1v) is 3.86. The maximum absolute atomic E-state index is 9.11. The van der Waals surface area contributed by atoms with Crippen LogP contribution in [0.4, 0.5) is 0 Å². The highest BCUT2D eigenvalue weighted by atomic mass is 16.4. The number of hydrogen-bond acceptors (Lipinski definition) is 7. The molecule has 0 bridgehead atoms. The molecule has 0 aromatic rings. The molecule has 0 aliphatic heterocycles. The number of nitrogens with zero attached hydrogens (tertiary/aromatic N) is 1. The van der Waals surface area contributed by atoms with E-state index in [1.807, 2.05) is 0 Å². The molecule has 1 unspecified atom stereocenters. The maximum atomic E-state index is 9.11. The third-order valence-electron chi connectivity index (χ3n) is 1.74.